The van der Waals surface area contributed by atoms with Gasteiger partial charge in [0.05, 0.1) is 0 Å². The third-order valence-electron chi connectivity index (χ3n) is 4.20. The molecule has 1 aliphatic heterocycles. The molecule has 2 amide bonds. The lowest BCUT2D eigenvalue weighted by Crippen LogP contribution is -2.32. The van der Waals surface area contributed by atoms with E-state index < -0.39 is 0 Å². The number of anilines is 2. The summed E-state index contributed by atoms with van der Waals surface area (Å²) in [6, 6.07) is 13.1. The molecule has 0 atom stereocenters. The van der Waals surface area contributed by atoms with Crippen molar-refractivity contribution >= 4 is 23.2 Å². The number of aryl methyl sites for hydroxylation is 1. The summed E-state index contributed by atoms with van der Waals surface area (Å²) in [5.41, 5.74) is 4.06. The summed E-state index contributed by atoms with van der Waals surface area (Å²) in [4.78, 5) is 24.1. The molecular formula is C19H20N2O2. The van der Waals surface area contributed by atoms with Crippen LogP contribution in [-0.4, -0.2) is 11.8 Å². The molecular weight excluding hydrogens is 288 g/mol. The number of fused-ring (bicyclic) bond motifs is 1. The average molecular weight is 308 g/mol. The van der Waals surface area contributed by atoms with E-state index in [4.69, 9.17) is 0 Å². The van der Waals surface area contributed by atoms with Crippen LogP contribution in [0, 0.1) is 6.92 Å². The Morgan fingerprint density at radius 1 is 1.13 bits per heavy atom. The summed E-state index contributed by atoms with van der Waals surface area (Å²) in [6.07, 6.45) is 0.467. The number of amides is 2. The predicted octanol–water partition coefficient (Wildman–Crippen LogP) is 3.87. The van der Waals surface area contributed by atoms with E-state index in [-0.39, 0.29) is 17.2 Å². The van der Waals surface area contributed by atoms with Crippen LogP contribution in [0.2, 0.25) is 0 Å². The zero-order valence-corrected chi connectivity index (χ0v) is 13.6. The van der Waals surface area contributed by atoms with E-state index in [1.165, 1.54) is 0 Å². The van der Waals surface area contributed by atoms with Crippen molar-refractivity contribution < 1.29 is 9.59 Å². The Morgan fingerprint density at radius 3 is 2.52 bits per heavy atom. The minimum atomic E-state index is -0.197. The van der Waals surface area contributed by atoms with E-state index in [2.05, 4.69) is 24.5 Å². The summed E-state index contributed by atoms with van der Waals surface area (Å²) >= 11 is 0. The molecule has 0 aliphatic carbocycles. The van der Waals surface area contributed by atoms with Crippen molar-refractivity contribution in [2.75, 3.05) is 10.6 Å². The molecule has 0 fully saturated rings. The molecule has 0 saturated heterocycles. The molecule has 1 heterocycles. The van der Waals surface area contributed by atoms with E-state index in [1.807, 2.05) is 37.3 Å². The van der Waals surface area contributed by atoms with Gasteiger partial charge >= 0.3 is 0 Å². The molecule has 2 N–H and O–H groups in total. The third-order valence-corrected chi connectivity index (χ3v) is 4.20. The predicted molar refractivity (Wildman–Crippen MR) is 91.8 cm³/mol. The molecule has 2 aromatic carbocycles. The van der Waals surface area contributed by atoms with Gasteiger partial charge < -0.3 is 10.6 Å². The summed E-state index contributed by atoms with van der Waals surface area (Å²) in [5.74, 6) is -0.157. The number of benzene rings is 2. The zero-order valence-electron chi connectivity index (χ0n) is 13.6. The van der Waals surface area contributed by atoms with Gasteiger partial charge in [-0.25, -0.2) is 0 Å². The van der Waals surface area contributed by atoms with Crippen molar-refractivity contribution in [1.82, 2.24) is 0 Å². The second-order valence-corrected chi connectivity index (χ2v) is 6.69. The maximum atomic E-state index is 12.3. The second kappa shape index (κ2) is 5.54. The van der Waals surface area contributed by atoms with Crippen molar-refractivity contribution in [3.63, 3.8) is 0 Å². The fraction of sp³-hybridized carbons (Fsp3) is 0.263. The van der Waals surface area contributed by atoms with Crippen LogP contribution in [0.25, 0.3) is 0 Å². The number of hydrogen-bond donors (Lipinski definition) is 2. The molecule has 23 heavy (non-hydrogen) atoms. The van der Waals surface area contributed by atoms with Crippen LogP contribution in [0.15, 0.2) is 42.5 Å². The number of carbonyl (C=O) groups excluding carboxylic acids is 2. The normalized spacial score (nSPS) is 15.5. The van der Waals surface area contributed by atoms with Crippen LogP contribution < -0.4 is 10.6 Å². The van der Waals surface area contributed by atoms with Crippen LogP contribution in [0.1, 0.15) is 41.8 Å². The zero-order chi connectivity index (χ0) is 16.6. The highest BCUT2D eigenvalue weighted by Gasteiger charge is 2.31. The van der Waals surface area contributed by atoms with Crippen LogP contribution in [0.3, 0.4) is 0 Å². The Hall–Kier alpha value is -2.62. The summed E-state index contributed by atoms with van der Waals surface area (Å²) in [7, 11) is 0. The van der Waals surface area contributed by atoms with E-state index in [9.17, 15) is 9.59 Å². The second-order valence-electron chi connectivity index (χ2n) is 6.69. The monoisotopic (exact) mass is 308 g/mol. The van der Waals surface area contributed by atoms with Crippen molar-refractivity contribution in [2.24, 2.45) is 0 Å². The van der Waals surface area contributed by atoms with Crippen LogP contribution in [0.5, 0.6) is 0 Å². The van der Waals surface area contributed by atoms with Gasteiger partial charge in [-0.15, -0.1) is 0 Å². The van der Waals surface area contributed by atoms with Gasteiger partial charge in [-0.2, -0.15) is 0 Å². The van der Waals surface area contributed by atoms with Gasteiger partial charge in [-0.3, -0.25) is 9.59 Å². The first-order chi connectivity index (χ1) is 10.8. The number of rotatable bonds is 2. The SMILES string of the molecule is Cc1ccc(C(=O)Nc2ccc3c(c2)NC(=O)CC3(C)C)cc1. The fourth-order valence-corrected chi connectivity index (χ4v) is 2.91. The summed E-state index contributed by atoms with van der Waals surface area (Å²) < 4.78 is 0. The largest absolute Gasteiger partial charge is 0.326 e. The van der Waals surface area contributed by atoms with E-state index in [0.29, 0.717) is 17.7 Å². The van der Waals surface area contributed by atoms with Gasteiger partial charge in [-0.05, 0) is 36.8 Å². The maximum Gasteiger partial charge on any atom is 0.255 e. The molecule has 118 valence electrons. The molecule has 2 aromatic rings. The Balaban J connectivity index is 1.85. The Kier molecular flexibility index (Phi) is 3.68. The van der Waals surface area contributed by atoms with E-state index in [1.54, 1.807) is 12.1 Å². The van der Waals surface area contributed by atoms with Crippen LogP contribution in [-0.2, 0) is 10.2 Å². The molecule has 0 radical (unpaired) electrons. The Labute approximate surface area is 135 Å². The number of hydrogen-bond acceptors (Lipinski definition) is 2. The molecule has 1 aliphatic rings. The molecule has 0 bridgehead atoms. The number of nitrogens with one attached hydrogen (secondary N) is 2. The molecule has 4 heteroatoms. The number of carbonyl (C=O) groups is 2. The van der Waals surface area contributed by atoms with Gasteiger partial charge in [0.25, 0.3) is 5.91 Å². The Morgan fingerprint density at radius 2 is 1.83 bits per heavy atom. The summed E-state index contributed by atoms with van der Waals surface area (Å²) in [6.45, 7) is 6.08. The lowest BCUT2D eigenvalue weighted by molar-refractivity contribution is -0.117. The van der Waals surface area contributed by atoms with Gasteiger partial charge in [-0.1, -0.05) is 37.6 Å². The molecule has 0 saturated carbocycles. The lowest BCUT2D eigenvalue weighted by Gasteiger charge is -2.32. The van der Waals surface area contributed by atoms with Crippen molar-refractivity contribution in [3.8, 4) is 0 Å². The summed E-state index contributed by atoms with van der Waals surface area (Å²) in [5, 5.41) is 5.77. The molecule has 4 nitrogen and oxygen atoms in total. The quantitative estimate of drug-likeness (QED) is 0.885. The lowest BCUT2D eigenvalue weighted by atomic mass is 9.78. The highest BCUT2D eigenvalue weighted by molar-refractivity contribution is 6.05. The average Bonchev–Trinajstić information content (AvgIpc) is 2.46. The molecule has 0 spiro atoms. The molecule has 3 rings (SSSR count). The van der Waals surface area contributed by atoms with Crippen LogP contribution in [0.4, 0.5) is 11.4 Å². The highest BCUT2D eigenvalue weighted by Crippen LogP contribution is 2.38. The Bertz CT molecular complexity index is 776. The molecule has 0 unspecified atom stereocenters. The first-order valence-corrected chi connectivity index (χ1v) is 7.67. The smallest absolute Gasteiger partial charge is 0.255 e. The topological polar surface area (TPSA) is 58.2 Å². The fourth-order valence-electron chi connectivity index (χ4n) is 2.91. The highest BCUT2D eigenvalue weighted by atomic mass is 16.2. The van der Waals surface area contributed by atoms with Crippen molar-refractivity contribution in [3.05, 3.63) is 59.2 Å². The van der Waals surface area contributed by atoms with Crippen molar-refractivity contribution in [2.45, 2.75) is 32.6 Å². The standard InChI is InChI=1S/C19H20N2O2/c1-12-4-6-13(7-5-12)18(23)20-14-8-9-15-16(10-14)21-17(22)11-19(15,2)3/h4-10H,11H2,1-3H3,(H,20,23)(H,21,22). The van der Waals surface area contributed by atoms with Gasteiger partial charge in [0.15, 0.2) is 0 Å². The first-order valence-electron chi connectivity index (χ1n) is 7.67. The maximum absolute atomic E-state index is 12.3. The molecule has 0 aromatic heterocycles. The van der Waals surface area contributed by atoms with Crippen LogP contribution >= 0.6 is 0 Å². The van der Waals surface area contributed by atoms with Gasteiger partial charge in [0.1, 0.15) is 0 Å². The minimum Gasteiger partial charge on any atom is -0.326 e. The third kappa shape index (κ3) is 3.11. The van der Waals surface area contributed by atoms with Gasteiger partial charge in [0.2, 0.25) is 5.91 Å². The minimum absolute atomic E-state index is 0.00418. The van der Waals surface area contributed by atoms with Crippen molar-refractivity contribution in [1.29, 1.82) is 0 Å². The first kappa shape index (κ1) is 15.3. The van der Waals surface area contributed by atoms with Gasteiger partial charge in [0, 0.05) is 28.8 Å². The van der Waals surface area contributed by atoms with E-state index >= 15 is 0 Å². The van der Waals surface area contributed by atoms with E-state index in [0.717, 1.165) is 16.8 Å².